The number of hydrogen-bond donors (Lipinski definition) is 1. The molecule has 1 aromatic rings. The first-order chi connectivity index (χ1) is 9.74. The summed E-state index contributed by atoms with van der Waals surface area (Å²) in [4.78, 5) is 4.32. The van der Waals surface area contributed by atoms with Crippen molar-refractivity contribution in [3.63, 3.8) is 0 Å². The molecular weight excluding hydrogens is 252 g/mol. The van der Waals surface area contributed by atoms with Crippen molar-refractivity contribution in [1.82, 2.24) is 10.3 Å². The third-order valence-corrected chi connectivity index (χ3v) is 3.72. The van der Waals surface area contributed by atoms with E-state index >= 15 is 0 Å². The minimum atomic E-state index is 0.299. The molecule has 1 aromatic heterocycles. The van der Waals surface area contributed by atoms with Gasteiger partial charge in [0.05, 0.1) is 25.5 Å². The van der Waals surface area contributed by atoms with Gasteiger partial charge in [-0.1, -0.05) is 6.92 Å². The zero-order chi connectivity index (χ0) is 14.4. The van der Waals surface area contributed by atoms with Gasteiger partial charge in [-0.25, -0.2) is 0 Å². The molecule has 0 saturated carbocycles. The summed E-state index contributed by atoms with van der Waals surface area (Å²) in [7, 11) is 0. The van der Waals surface area contributed by atoms with Crippen LogP contribution in [0, 0.1) is 5.92 Å². The van der Waals surface area contributed by atoms with Crippen molar-refractivity contribution in [1.29, 1.82) is 0 Å². The predicted octanol–water partition coefficient (Wildman–Crippen LogP) is 2.95. The topological polar surface area (TPSA) is 43.4 Å². The number of nitrogens with one attached hydrogen (secondary N) is 1. The SMILES string of the molecule is CCCNC(c1cncc(OCC)c1)C1COC(C)C1. The van der Waals surface area contributed by atoms with E-state index in [4.69, 9.17) is 9.47 Å². The van der Waals surface area contributed by atoms with Gasteiger partial charge in [-0.05, 0) is 44.9 Å². The summed E-state index contributed by atoms with van der Waals surface area (Å²) in [6, 6.07) is 2.40. The molecule has 2 heterocycles. The largest absolute Gasteiger partial charge is 0.492 e. The molecule has 3 unspecified atom stereocenters. The Kier molecular flexibility index (Phi) is 5.80. The molecule has 0 aliphatic carbocycles. The van der Waals surface area contributed by atoms with Crippen LogP contribution >= 0.6 is 0 Å². The highest BCUT2D eigenvalue weighted by atomic mass is 16.5. The molecule has 2 rings (SSSR count). The van der Waals surface area contributed by atoms with Gasteiger partial charge in [-0.3, -0.25) is 4.98 Å². The van der Waals surface area contributed by atoms with Gasteiger partial charge in [0, 0.05) is 18.2 Å². The standard InChI is InChI=1S/C16H26N2O2/c1-4-6-18-16(14-7-12(3)20-11-14)13-8-15(19-5-2)10-17-9-13/h8-10,12,14,16,18H,4-7,11H2,1-3H3. The molecule has 1 saturated heterocycles. The van der Waals surface area contributed by atoms with Gasteiger partial charge >= 0.3 is 0 Å². The van der Waals surface area contributed by atoms with Crippen LogP contribution in [0.15, 0.2) is 18.5 Å². The van der Waals surface area contributed by atoms with Gasteiger partial charge in [0.25, 0.3) is 0 Å². The second-order valence-electron chi connectivity index (χ2n) is 5.46. The molecular formula is C16H26N2O2. The highest BCUT2D eigenvalue weighted by molar-refractivity contribution is 5.26. The number of nitrogens with zero attached hydrogens (tertiary/aromatic N) is 1. The maximum Gasteiger partial charge on any atom is 0.137 e. The number of hydrogen-bond acceptors (Lipinski definition) is 4. The Morgan fingerprint density at radius 1 is 1.45 bits per heavy atom. The number of rotatable bonds is 7. The smallest absolute Gasteiger partial charge is 0.137 e. The molecule has 0 radical (unpaired) electrons. The summed E-state index contributed by atoms with van der Waals surface area (Å²) in [6.45, 7) is 8.82. The Hall–Kier alpha value is -1.13. The average molecular weight is 278 g/mol. The third-order valence-electron chi connectivity index (χ3n) is 3.72. The molecule has 0 aromatic carbocycles. The predicted molar refractivity (Wildman–Crippen MR) is 80.0 cm³/mol. The van der Waals surface area contributed by atoms with Crippen LogP contribution in [0.2, 0.25) is 0 Å². The summed E-state index contributed by atoms with van der Waals surface area (Å²) < 4.78 is 11.3. The van der Waals surface area contributed by atoms with Crippen molar-refractivity contribution in [3.8, 4) is 5.75 Å². The lowest BCUT2D eigenvalue weighted by Crippen LogP contribution is -2.29. The third kappa shape index (κ3) is 3.93. The Bertz CT molecular complexity index is 411. The van der Waals surface area contributed by atoms with Crippen molar-refractivity contribution in [2.75, 3.05) is 19.8 Å². The lowest BCUT2D eigenvalue weighted by molar-refractivity contribution is 0.117. The Morgan fingerprint density at radius 2 is 2.30 bits per heavy atom. The Morgan fingerprint density at radius 3 is 2.95 bits per heavy atom. The highest BCUT2D eigenvalue weighted by Crippen LogP contribution is 2.32. The maximum absolute atomic E-state index is 5.73. The Labute approximate surface area is 121 Å². The van der Waals surface area contributed by atoms with E-state index in [-0.39, 0.29) is 0 Å². The van der Waals surface area contributed by atoms with Crippen molar-refractivity contribution < 1.29 is 9.47 Å². The van der Waals surface area contributed by atoms with E-state index in [1.165, 1.54) is 5.56 Å². The monoisotopic (exact) mass is 278 g/mol. The van der Waals surface area contributed by atoms with Crippen molar-refractivity contribution in [3.05, 3.63) is 24.0 Å². The fraction of sp³-hybridized carbons (Fsp3) is 0.688. The lowest BCUT2D eigenvalue weighted by atomic mass is 9.91. The van der Waals surface area contributed by atoms with Crippen LogP contribution in [-0.4, -0.2) is 30.8 Å². The van der Waals surface area contributed by atoms with Crippen molar-refractivity contribution >= 4 is 0 Å². The summed E-state index contributed by atoms with van der Waals surface area (Å²) >= 11 is 0. The molecule has 3 atom stereocenters. The quantitative estimate of drug-likeness (QED) is 0.833. The molecule has 4 heteroatoms. The van der Waals surface area contributed by atoms with Crippen LogP contribution in [0.25, 0.3) is 0 Å². The molecule has 1 N–H and O–H groups in total. The summed E-state index contributed by atoms with van der Waals surface area (Å²) in [6.07, 6.45) is 6.29. The van der Waals surface area contributed by atoms with E-state index in [1.54, 1.807) is 6.20 Å². The molecule has 1 aliphatic heterocycles. The number of aromatic nitrogens is 1. The van der Waals surface area contributed by atoms with Crippen LogP contribution in [0.3, 0.4) is 0 Å². The number of pyridine rings is 1. The molecule has 20 heavy (non-hydrogen) atoms. The van der Waals surface area contributed by atoms with Gasteiger partial charge in [0.15, 0.2) is 0 Å². The van der Waals surface area contributed by atoms with E-state index in [2.05, 4.69) is 30.2 Å². The zero-order valence-electron chi connectivity index (χ0n) is 12.8. The van der Waals surface area contributed by atoms with E-state index in [1.807, 2.05) is 13.1 Å². The highest BCUT2D eigenvalue weighted by Gasteiger charge is 2.30. The second kappa shape index (κ2) is 7.60. The molecule has 0 spiro atoms. The van der Waals surface area contributed by atoms with E-state index in [9.17, 15) is 0 Å². The average Bonchev–Trinajstić information content (AvgIpc) is 2.87. The van der Waals surface area contributed by atoms with E-state index in [0.29, 0.717) is 24.7 Å². The van der Waals surface area contributed by atoms with Crippen LogP contribution in [-0.2, 0) is 4.74 Å². The van der Waals surface area contributed by atoms with E-state index in [0.717, 1.165) is 31.7 Å². The van der Waals surface area contributed by atoms with Crippen molar-refractivity contribution in [2.45, 2.75) is 45.8 Å². The lowest BCUT2D eigenvalue weighted by Gasteiger charge is -2.24. The molecule has 112 valence electrons. The van der Waals surface area contributed by atoms with Crippen LogP contribution in [0.4, 0.5) is 0 Å². The van der Waals surface area contributed by atoms with Crippen molar-refractivity contribution in [2.24, 2.45) is 5.92 Å². The normalized spacial score (nSPS) is 23.8. The van der Waals surface area contributed by atoms with Crippen LogP contribution in [0.5, 0.6) is 5.75 Å². The molecule has 0 bridgehead atoms. The first-order valence-corrected chi connectivity index (χ1v) is 7.67. The summed E-state index contributed by atoms with van der Waals surface area (Å²) in [5.74, 6) is 1.36. The first kappa shape index (κ1) is 15.3. The molecule has 1 fully saturated rings. The fourth-order valence-electron chi connectivity index (χ4n) is 2.79. The zero-order valence-corrected chi connectivity index (χ0v) is 12.8. The molecule has 4 nitrogen and oxygen atoms in total. The summed E-state index contributed by atoms with van der Waals surface area (Å²) in [5, 5.41) is 3.64. The maximum atomic E-state index is 5.73. The van der Waals surface area contributed by atoms with Crippen LogP contribution < -0.4 is 10.1 Å². The fourth-order valence-corrected chi connectivity index (χ4v) is 2.79. The van der Waals surface area contributed by atoms with E-state index < -0.39 is 0 Å². The van der Waals surface area contributed by atoms with Gasteiger partial charge in [-0.15, -0.1) is 0 Å². The Balaban J connectivity index is 2.14. The molecule has 1 aliphatic rings. The van der Waals surface area contributed by atoms with Gasteiger partial charge < -0.3 is 14.8 Å². The minimum absolute atomic E-state index is 0.299. The first-order valence-electron chi connectivity index (χ1n) is 7.67. The summed E-state index contributed by atoms with van der Waals surface area (Å²) in [5.41, 5.74) is 1.20. The van der Waals surface area contributed by atoms with Gasteiger partial charge in [0.2, 0.25) is 0 Å². The minimum Gasteiger partial charge on any atom is -0.492 e. The van der Waals surface area contributed by atoms with Crippen LogP contribution in [0.1, 0.15) is 45.2 Å². The van der Waals surface area contributed by atoms with Gasteiger partial charge in [-0.2, -0.15) is 0 Å². The number of ether oxygens (including phenoxy) is 2. The molecule has 0 amide bonds. The van der Waals surface area contributed by atoms with Gasteiger partial charge in [0.1, 0.15) is 5.75 Å². The second-order valence-corrected chi connectivity index (χ2v) is 5.46.